The summed E-state index contributed by atoms with van der Waals surface area (Å²) in [6, 6.07) is 3.18. The molecule has 0 aliphatic carbocycles. The molecule has 0 atom stereocenters. The van der Waals surface area contributed by atoms with Gasteiger partial charge in [0.2, 0.25) is 5.78 Å². The van der Waals surface area contributed by atoms with Gasteiger partial charge in [-0.2, -0.15) is 0 Å². The second kappa shape index (κ2) is 4.44. The first-order chi connectivity index (χ1) is 7.71. The molecule has 6 heteroatoms. The molecule has 0 fully saturated rings. The molecule has 0 bridgehead atoms. The molecule has 1 aromatic rings. The summed E-state index contributed by atoms with van der Waals surface area (Å²) in [6.07, 6.45) is 2.45. The summed E-state index contributed by atoms with van der Waals surface area (Å²) in [5.41, 5.74) is 0.0328. The van der Waals surface area contributed by atoms with Crippen LogP contribution in [-0.4, -0.2) is 37.3 Å². The molecule has 1 heterocycles. The van der Waals surface area contributed by atoms with Gasteiger partial charge in [0, 0.05) is 12.5 Å². The molecule has 0 unspecified atom stereocenters. The Bertz CT molecular complexity index is 534. The molecule has 0 saturated heterocycles. The van der Waals surface area contributed by atoms with Gasteiger partial charge < -0.3 is 4.74 Å². The van der Waals surface area contributed by atoms with Crippen molar-refractivity contribution in [2.75, 3.05) is 13.4 Å². The molecule has 0 aromatic carbocycles. The summed E-state index contributed by atoms with van der Waals surface area (Å²) < 4.78 is 26.6. The third-order valence-electron chi connectivity index (χ3n) is 2.68. The fourth-order valence-electron chi connectivity index (χ4n) is 1.18. The second-order valence-electron chi connectivity index (χ2n) is 4.17. The molecule has 0 aliphatic heterocycles. The molecule has 0 saturated carbocycles. The Morgan fingerprint density at radius 2 is 2.00 bits per heavy atom. The maximum atomic E-state index is 12.2. The fourth-order valence-corrected chi connectivity index (χ4v) is 1.61. The highest BCUT2D eigenvalue weighted by Gasteiger charge is 2.40. The van der Waals surface area contributed by atoms with E-state index in [9.17, 15) is 13.2 Å². The number of Topliss-reactive ketones (excluding diaryl/α,β-unsaturated/α-hetero) is 1. The molecular weight excluding hydrogens is 242 g/mol. The monoisotopic (exact) mass is 257 g/mol. The first kappa shape index (κ1) is 13.6. The van der Waals surface area contributed by atoms with Gasteiger partial charge in [-0.15, -0.1) is 0 Å². The van der Waals surface area contributed by atoms with Gasteiger partial charge in [-0.25, -0.2) is 13.4 Å². The van der Waals surface area contributed by atoms with Crippen LogP contribution in [-0.2, 0) is 9.84 Å². The fraction of sp³-hybridized carbons (Fsp3) is 0.455. The maximum Gasteiger partial charge on any atom is 0.205 e. The zero-order chi connectivity index (χ0) is 13.3. The number of rotatable bonds is 4. The predicted octanol–water partition coefficient (Wildman–Crippen LogP) is 1.10. The number of hydrogen-bond donors (Lipinski definition) is 0. The number of aromatic nitrogens is 1. The van der Waals surface area contributed by atoms with Gasteiger partial charge in [0.05, 0.1) is 7.11 Å². The summed E-state index contributed by atoms with van der Waals surface area (Å²) in [5, 5.41) is 0. The van der Waals surface area contributed by atoms with Crippen molar-refractivity contribution in [1.29, 1.82) is 0 Å². The number of hydrogen-bond acceptors (Lipinski definition) is 5. The molecule has 0 amide bonds. The molecule has 17 heavy (non-hydrogen) atoms. The third kappa shape index (κ3) is 2.46. The molecule has 0 aliphatic rings. The van der Waals surface area contributed by atoms with Gasteiger partial charge in [-0.3, -0.25) is 4.79 Å². The van der Waals surface area contributed by atoms with Crippen molar-refractivity contribution in [3.63, 3.8) is 0 Å². The molecule has 0 spiro atoms. The lowest BCUT2D eigenvalue weighted by atomic mass is 10.0. The van der Waals surface area contributed by atoms with Crippen molar-refractivity contribution in [3.05, 3.63) is 24.0 Å². The summed E-state index contributed by atoms with van der Waals surface area (Å²) >= 11 is 0. The van der Waals surface area contributed by atoms with E-state index in [1.807, 2.05) is 0 Å². The van der Waals surface area contributed by atoms with Gasteiger partial charge in [-0.05, 0) is 26.0 Å². The average Bonchev–Trinajstić information content (AvgIpc) is 2.26. The van der Waals surface area contributed by atoms with E-state index in [1.54, 1.807) is 12.1 Å². The normalized spacial score (nSPS) is 12.2. The lowest BCUT2D eigenvalue weighted by molar-refractivity contribution is 0.0946. The van der Waals surface area contributed by atoms with E-state index in [2.05, 4.69) is 4.98 Å². The number of ether oxygens (including phenoxy) is 1. The van der Waals surface area contributed by atoms with Crippen LogP contribution >= 0.6 is 0 Å². The predicted molar refractivity (Wildman–Crippen MR) is 64.0 cm³/mol. The minimum atomic E-state index is -3.52. The Morgan fingerprint density at radius 3 is 2.47 bits per heavy atom. The summed E-state index contributed by atoms with van der Waals surface area (Å²) in [7, 11) is -2.12. The number of methoxy groups -OCH3 is 1. The van der Waals surface area contributed by atoms with Gasteiger partial charge in [0.15, 0.2) is 9.84 Å². The van der Waals surface area contributed by atoms with Gasteiger partial charge in [0.1, 0.15) is 16.2 Å². The largest absolute Gasteiger partial charge is 0.494 e. The topological polar surface area (TPSA) is 73.3 Å². The maximum absolute atomic E-state index is 12.2. The van der Waals surface area contributed by atoms with E-state index in [0.29, 0.717) is 0 Å². The highest BCUT2D eigenvalue weighted by Crippen LogP contribution is 2.25. The zero-order valence-electron chi connectivity index (χ0n) is 10.2. The van der Waals surface area contributed by atoms with Crippen molar-refractivity contribution in [2.45, 2.75) is 18.6 Å². The smallest absolute Gasteiger partial charge is 0.205 e. The highest BCUT2D eigenvalue weighted by atomic mass is 32.2. The summed E-state index contributed by atoms with van der Waals surface area (Å²) in [6.45, 7) is 2.72. The number of pyridine rings is 1. The second-order valence-corrected chi connectivity index (χ2v) is 6.73. The van der Waals surface area contributed by atoms with Crippen LogP contribution in [0.1, 0.15) is 24.3 Å². The van der Waals surface area contributed by atoms with E-state index in [1.165, 1.54) is 27.2 Å². The van der Waals surface area contributed by atoms with Crippen molar-refractivity contribution in [2.24, 2.45) is 0 Å². The molecule has 1 aromatic heterocycles. The number of nitrogens with zero attached hydrogens (tertiary/aromatic N) is 1. The van der Waals surface area contributed by atoms with Crippen LogP contribution in [0.15, 0.2) is 18.3 Å². The van der Waals surface area contributed by atoms with Gasteiger partial charge in [0.25, 0.3) is 0 Å². The van der Waals surface area contributed by atoms with Crippen LogP contribution in [0.2, 0.25) is 0 Å². The molecule has 0 radical (unpaired) electrons. The summed E-state index contributed by atoms with van der Waals surface area (Å²) in [4.78, 5) is 16.1. The van der Waals surface area contributed by atoms with Crippen LogP contribution < -0.4 is 4.74 Å². The van der Waals surface area contributed by atoms with Crippen LogP contribution in [0.3, 0.4) is 0 Å². The van der Waals surface area contributed by atoms with Crippen LogP contribution in [0.5, 0.6) is 5.75 Å². The number of ketones is 1. The molecule has 94 valence electrons. The number of carbonyl (C=O) groups is 1. The number of carbonyl (C=O) groups excluding carboxylic acids is 1. The van der Waals surface area contributed by atoms with E-state index in [4.69, 9.17) is 4.74 Å². The lowest BCUT2D eigenvalue weighted by Crippen LogP contribution is -2.40. The quantitative estimate of drug-likeness (QED) is 0.755. The van der Waals surface area contributed by atoms with E-state index in [0.717, 1.165) is 6.26 Å². The highest BCUT2D eigenvalue weighted by molar-refractivity contribution is 7.92. The molecular formula is C11H15NO4S. The summed E-state index contributed by atoms with van der Waals surface area (Å²) in [5.74, 6) is -0.299. The molecule has 0 N–H and O–H groups in total. The number of sulfone groups is 1. The minimum absolute atomic E-state index is 0.0328. The van der Waals surface area contributed by atoms with Crippen molar-refractivity contribution < 1.29 is 17.9 Å². The lowest BCUT2D eigenvalue weighted by Gasteiger charge is -2.21. The Kier molecular flexibility index (Phi) is 3.56. The molecule has 1 rings (SSSR count). The third-order valence-corrected chi connectivity index (χ3v) is 4.72. The van der Waals surface area contributed by atoms with Crippen molar-refractivity contribution in [3.8, 4) is 5.75 Å². The van der Waals surface area contributed by atoms with Gasteiger partial charge in [-0.1, -0.05) is 0 Å². The molecule has 5 nitrogen and oxygen atoms in total. The van der Waals surface area contributed by atoms with Crippen LogP contribution in [0, 0.1) is 0 Å². The first-order valence-electron chi connectivity index (χ1n) is 4.95. The van der Waals surface area contributed by atoms with E-state index >= 15 is 0 Å². The van der Waals surface area contributed by atoms with Crippen molar-refractivity contribution >= 4 is 15.6 Å². The Balaban J connectivity index is 3.31. The average molecular weight is 257 g/mol. The zero-order valence-corrected chi connectivity index (χ0v) is 11.0. The van der Waals surface area contributed by atoms with Crippen LogP contribution in [0.25, 0.3) is 0 Å². The standard InChI is InChI=1S/C11H15NO4S/c1-11(2,17(4,14)15)10(13)9-8(16-3)6-5-7-12-9/h5-7H,1-4H3. The van der Waals surface area contributed by atoms with E-state index < -0.39 is 20.4 Å². The Hall–Kier alpha value is -1.43. The minimum Gasteiger partial charge on any atom is -0.494 e. The van der Waals surface area contributed by atoms with Crippen LogP contribution in [0.4, 0.5) is 0 Å². The van der Waals surface area contributed by atoms with Crippen molar-refractivity contribution in [1.82, 2.24) is 4.98 Å². The van der Waals surface area contributed by atoms with Gasteiger partial charge >= 0.3 is 0 Å². The Labute approximate surface area is 101 Å². The Morgan fingerprint density at radius 1 is 1.41 bits per heavy atom. The van der Waals surface area contributed by atoms with E-state index in [-0.39, 0.29) is 11.4 Å². The SMILES string of the molecule is COc1cccnc1C(=O)C(C)(C)S(C)(=O)=O. The first-order valence-corrected chi connectivity index (χ1v) is 6.84.